The van der Waals surface area contributed by atoms with Gasteiger partial charge < -0.3 is 15.2 Å². The van der Waals surface area contributed by atoms with Crippen LogP contribution in [0.15, 0.2) is 29.2 Å². The zero-order valence-corrected chi connectivity index (χ0v) is 16.0. The van der Waals surface area contributed by atoms with Gasteiger partial charge in [-0.2, -0.15) is 0 Å². The number of hydrogen-bond acceptors (Lipinski definition) is 5. The van der Waals surface area contributed by atoms with Gasteiger partial charge in [0.1, 0.15) is 11.6 Å². The number of aryl methyl sites for hydroxylation is 1. The Morgan fingerprint density at radius 1 is 1.30 bits per heavy atom. The number of aromatic nitrogens is 3. The van der Waals surface area contributed by atoms with Crippen molar-refractivity contribution in [3.05, 3.63) is 40.4 Å². The minimum atomic E-state index is -0.152. The molecule has 1 aliphatic rings. The highest BCUT2D eigenvalue weighted by atomic mass is 16.2. The standard InChI is InChI=1S/C20H27N5O2/c1-3-15-12-18(26)24-20(23-15)14-7-8-17(22-13-14)21-10-9-16(4-2)25-11-5-6-19(25)27/h7-8,12-13,16H,3-6,9-11H2,1-2H3,(H,21,22)(H,23,24,26). The summed E-state index contributed by atoms with van der Waals surface area (Å²) in [5.41, 5.74) is 1.39. The molecule has 2 aromatic rings. The Bertz CT molecular complexity index is 831. The fourth-order valence-corrected chi connectivity index (χ4v) is 3.47. The van der Waals surface area contributed by atoms with Crippen molar-refractivity contribution < 1.29 is 4.79 Å². The van der Waals surface area contributed by atoms with Crippen LogP contribution in [0.1, 0.15) is 45.2 Å². The molecule has 2 aromatic heterocycles. The summed E-state index contributed by atoms with van der Waals surface area (Å²) in [6.45, 7) is 5.74. The van der Waals surface area contributed by atoms with E-state index in [4.69, 9.17) is 0 Å². The molecule has 7 nitrogen and oxygen atoms in total. The average molecular weight is 369 g/mol. The lowest BCUT2D eigenvalue weighted by atomic mass is 10.1. The molecule has 1 amide bonds. The van der Waals surface area contributed by atoms with Crippen LogP contribution in [0, 0.1) is 0 Å². The van der Waals surface area contributed by atoms with Crippen LogP contribution in [0.5, 0.6) is 0 Å². The largest absolute Gasteiger partial charge is 0.370 e. The minimum Gasteiger partial charge on any atom is -0.370 e. The third-order valence-corrected chi connectivity index (χ3v) is 5.00. The minimum absolute atomic E-state index is 0.152. The highest BCUT2D eigenvalue weighted by Gasteiger charge is 2.26. The van der Waals surface area contributed by atoms with Crippen molar-refractivity contribution >= 4 is 11.7 Å². The number of nitrogens with zero attached hydrogens (tertiary/aromatic N) is 3. The van der Waals surface area contributed by atoms with Crippen molar-refractivity contribution in [3.63, 3.8) is 0 Å². The van der Waals surface area contributed by atoms with E-state index >= 15 is 0 Å². The number of anilines is 1. The summed E-state index contributed by atoms with van der Waals surface area (Å²) in [5, 5.41) is 3.32. The number of carbonyl (C=O) groups excluding carboxylic acids is 1. The summed E-state index contributed by atoms with van der Waals surface area (Å²) >= 11 is 0. The van der Waals surface area contributed by atoms with E-state index in [1.807, 2.05) is 24.0 Å². The van der Waals surface area contributed by atoms with Crippen LogP contribution in [-0.2, 0) is 11.2 Å². The number of aromatic amines is 1. The van der Waals surface area contributed by atoms with E-state index in [9.17, 15) is 9.59 Å². The SMILES string of the molecule is CCc1cc(=O)[nH]c(-c2ccc(NCCC(CC)N3CCCC3=O)nc2)n1. The molecule has 3 rings (SSSR count). The lowest BCUT2D eigenvalue weighted by Gasteiger charge is -2.27. The molecule has 1 atom stereocenters. The van der Waals surface area contributed by atoms with Crippen LogP contribution in [0.4, 0.5) is 5.82 Å². The van der Waals surface area contributed by atoms with Crippen LogP contribution in [0.25, 0.3) is 11.4 Å². The number of amides is 1. The van der Waals surface area contributed by atoms with Crippen LogP contribution in [0.2, 0.25) is 0 Å². The lowest BCUT2D eigenvalue weighted by Crippen LogP contribution is -2.37. The first-order chi connectivity index (χ1) is 13.1. The summed E-state index contributed by atoms with van der Waals surface area (Å²) < 4.78 is 0. The van der Waals surface area contributed by atoms with E-state index in [0.29, 0.717) is 18.7 Å². The van der Waals surface area contributed by atoms with Crippen molar-refractivity contribution in [2.75, 3.05) is 18.4 Å². The first-order valence-electron chi connectivity index (χ1n) is 9.70. The molecule has 0 radical (unpaired) electrons. The van der Waals surface area contributed by atoms with Crippen LogP contribution in [-0.4, -0.2) is 44.9 Å². The van der Waals surface area contributed by atoms with Crippen molar-refractivity contribution in [1.29, 1.82) is 0 Å². The molecule has 0 aromatic carbocycles. The van der Waals surface area contributed by atoms with Gasteiger partial charge in [-0.25, -0.2) is 9.97 Å². The fourth-order valence-electron chi connectivity index (χ4n) is 3.47. The van der Waals surface area contributed by atoms with Crippen LogP contribution >= 0.6 is 0 Å². The number of rotatable bonds is 8. The number of H-pyrrole nitrogens is 1. The molecule has 2 N–H and O–H groups in total. The Hall–Kier alpha value is -2.70. The topological polar surface area (TPSA) is 91.0 Å². The van der Waals surface area contributed by atoms with Gasteiger partial charge in [-0.05, 0) is 37.8 Å². The lowest BCUT2D eigenvalue weighted by molar-refractivity contribution is -0.129. The summed E-state index contributed by atoms with van der Waals surface area (Å²) in [6.07, 6.45) is 5.94. The van der Waals surface area contributed by atoms with Gasteiger partial charge in [0.15, 0.2) is 0 Å². The number of pyridine rings is 1. The molecule has 0 saturated carbocycles. The van der Waals surface area contributed by atoms with E-state index in [-0.39, 0.29) is 17.5 Å². The molecule has 27 heavy (non-hydrogen) atoms. The molecule has 1 saturated heterocycles. The first kappa shape index (κ1) is 19.1. The Morgan fingerprint density at radius 2 is 2.15 bits per heavy atom. The van der Waals surface area contributed by atoms with Gasteiger partial charge >= 0.3 is 0 Å². The van der Waals surface area contributed by atoms with Gasteiger partial charge in [0.05, 0.1) is 0 Å². The van der Waals surface area contributed by atoms with Gasteiger partial charge in [0.2, 0.25) is 5.91 Å². The molecule has 7 heteroatoms. The zero-order valence-electron chi connectivity index (χ0n) is 16.0. The third-order valence-electron chi connectivity index (χ3n) is 5.00. The van der Waals surface area contributed by atoms with Crippen LogP contribution < -0.4 is 10.9 Å². The summed E-state index contributed by atoms with van der Waals surface area (Å²) in [7, 11) is 0. The molecule has 0 bridgehead atoms. The molecule has 144 valence electrons. The maximum absolute atomic E-state index is 11.9. The third kappa shape index (κ3) is 4.72. The van der Waals surface area contributed by atoms with Crippen LogP contribution in [0.3, 0.4) is 0 Å². The highest BCUT2D eigenvalue weighted by molar-refractivity contribution is 5.78. The van der Waals surface area contributed by atoms with E-state index in [1.165, 1.54) is 6.07 Å². The smallest absolute Gasteiger partial charge is 0.251 e. The number of likely N-dealkylation sites (tertiary alicyclic amines) is 1. The fraction of sp³-hybridized carbons (Fsp3) is 0.500. The molecule has 0 aliphatic carbocycles. The molecule has 1 aliphatic heterocycles. The van der Waals surface area contributed by atoms with Gasteiger partial charge in [-0.3, -0.25) is 9.59 Å². The zero-order chi connectivity index (χ0) is 19.2. The van der Waals surface area contributed by atoms with Gasteiger partial charge in [0, 0.05) is 49.1 Å². The Morgan fingerprint density at radius 3 is 2.78 bits per heavy atom. The average Bonchev–Trinajstić information content (AvgIpc) is 3.11. The van der Waals surface area contributed by atoms with Gasteiger partial charge in [-0.1, -0.05) is 13.8 Å². The number of nitrogens with one attached hydrogen (secondary N) is 2. The predicted molar refractivity (Wildman–Crippen MR) is 106 cm³/mol. The van der Waals surface area contributed by atoms with Gasteiger partial charge in [0.25, 0.3) is 5.56 Å². The second-order valence-corrected chi connectivity index (χ2v) is 6.84. The van der Waals surface area contributed by atoms with Crippen molar-refractivity contribution in [2.45, 2.75) is 52.0 Å². The molecular formula is C20H27N5O2. The highest BCUT2D eigenvalue weighted by Crippen LogP contribution is 2.19. The van der Waals surface area contributed by atoms with E-state index in [1.54, 1.807) is 6.20 Å². The molecule has 0 spiro atoms. The molecule has 3 heterocycles. The van der Waals surface area contributed by atoms with E-state index in [2.05, 4.69) is 27.2 Å². The number of carbonyl (C=O) groups is 1. The molecule has 1 fully saturated rings. The monoisotopic (exact) mass is 369 g/mol. The van der Waals surface area contributed by atoms with Crippen molar-refractivity contribution in [3.8, 4) is 11.4 Å². The predicted octanol–water partition coefficient (Wildman–Crippen LogP) is 2.60. The maximum atomic E-state index is 11.9. The summed E-state index contributed by atoms with van der Waals surface area (Å²) in [6, 6.07) is 5.59. The van der Waals surface area contributed by atoms with E-state index in [0.717, 1.165) is 49.4 Å². The Kier molecular flexibility index (Phi) is 6.21. The first-order valence-corrected chi connectivity index (χ1v) is 9.70. The normalized spacial score (nSPS) is 15.2. The van der Waals surface area contributed by atoms with Crippen molar-refractivity contribution in [2.24, 2.45) is 0 Å². The quantitative estimate of drug-likeness (QED) is 0.746. The van der Waals surface area contributed by atoms with Crippen molar-refractivity contribution in [1.82, 2.24) is 19.9 Å². The number of hydrogen-bond donors (Lipinski definition) is 2. The Labute approximate surface area is 159 Å². The Balaban J connectivity index is 1.58. The summed E-state index contributed by atoms with van der Waals surface area (Å²) in [4.78, 5) is 37.3. The van der Waals surface area contributed by atoms with Gasteiger partial charge in [-0.15, -0.1) is 0 Å². The summed E-state index contributed by atoms with van der Waals surface area (Å²) in [5.74, 6) is 1.59. The van der Waals surface area contributed by atoms with E-state index < -0.39 is 0 Å². The molecule has 1 unspecified atom stereocenters. The second-order valence-electron chi connectivity index (χ2n) is 6.84. The second kappa shape index (κ2) is 8.79. The maximum Gasteiger partial charge on any atom is 0.251 e. The molecular weight excluding hydrogens is 342 g/mol.